The van der Waals surface area contributed by atoms with E-state index in [1.165, 1.54) is 24.0 Å². The van der Waals surface area contributed by atoms with Crippen molar-refractivity contribution in [1.82, 2.24) is 19.8 Å². The summed E-state index contributed by atoms with van der Waals surface area (Å²) in [6.45, 7) is 3.29. The van der Waals surface area contributed by atoms with Gasteiger partial charge in [-0.05, 0) is 86.4 Å². The molecule has 3 aromatic rings. The number of ether oxygens (including phenoxy) is 1. The highest BCUT2D eigenvalue weighted by Crippen LogP contribution is 2.56. The number of fused-ring (bicyclic) bond motifs is 1. The standard InChI is InChI=1S/C33H38N4O3/c1-40-30-7-4-6-28(35-30)25-11-10-24-20-29-33(39)14-18-36(31(38)21-26-5-2-3-15-34-26)16-12-32(33,27(24)19-25)13-17-37(29)22-23-8-9-23/h2-7,10-11,15,19,23,29,39H,8-9,12-14,16-18,20-22H2,1H3/t29-,32+,33-/m1/s1. The fraction of sp³-hybridized carbons (Fsp3) is 0.485. The van der Waals surface area contributed by atoms with Gasteiger partial charge < -0.3 is 14.7 Å². The van der Waals surface area contributed by atoms with E-state index in [0.717, 1.165) is 55.2 Å². The van der Waals surface area contributed by atoms with Crippen LogP contribution in [0.4, 0.5) is 0 Å². The molecule has 1 saturated carbocycles. The lowest BCUT2D eigenvalue weighted by atomic mass is 9.52. The number of pyridine rings is 2. The van der Waals surface area contributed by atoms with Crippen LogP contribution in [-0.2, 0) is 23.1 Å². The van der Waals surface area contributed by atoms with Gasteiger partial charge in [0.25, 0.3) is 0 Å². The predicted octanol–water partition coefficient (Wildman–Crippen LogP) is 4.03. The third kappa shape index (κ3) is 4.31. The summed E-state index contributed by atoms with van der Waals surface area (Å²) in [4.78, 5) is 27.1. The van der Waals surface area contributed by atoms with Crippen LogP contribution in [0.25, 0.3) is 11.3 Å². The minimum atomic E-state index is -0.895. The van der Waals surface area contributed by atoms with Gasteiger partial charge in [0.05, 0.1) is 24.8 Å². The first-order valence-corrected chi connectivity index (χ1v) is 14.8. The normalized spacial score (nSPS) is 27.9. The smallest absolute Gasteiger partial charge is 0.228 e. The first-order valence-electron chi connectivity index (χ1n) is 14.8. The minimum absolute atomic E-state index is 0.0704. The van der Waals surface area contributed by atoms with Crippen molar-refractivity contribution in [2.45, 2.75) is 62.0 Å². The van der Waals surface area contributed by atoms with Crippen LogP contribution in [-0.4, -0.2) is 75.7 Å². The van der Waals surface area contributed by atoms with E-state index < -0.39 is 11.0 Å². The van der Waals surface area contributed by atoms with Gasteiger partial charge in [-0.2, -0.15) is 0 Å². The number of piperidine rings is 1. The third-order valence-corrected chi connectivity index (χ3v) is 10.1. The number of hydrogen-bond donors (Lipinski definition) is 1. The van der Waals surface area contributed by atoms with Crippen molar-refractivity contribution in [2.24, 2.45) is 5.92 Å². The van der Waals surface area contributed by atoms with Crippen molar-refractivity contribution in [3.63, 3.8) is 0 Å². The van der Waals surface area contributed by atoms with Crippen molar-refractivity contribution in [3.05, 3.63) is 77.6 Å². The monoisotopic (exact) mass is 538 g/mol. The molecule has 7 heteroatoms. The number of likely N-dealkylation sites (tertiary alicyclic amines) is 2. The number of aliphatic hydroxyl groups is 1. The van der Waals surface area contributed by atoms with E-state index in [4.69, 9.17) is 9.72 Å². The number of aromatic nitrogens is 2. The molecule has 0 spiro atoms. The van der Waals surface area contributed by atoms with Crippen molar-refractivity contribution < 1.29 is 14.6 Å². The molecule has 7 nitrogen and oxygen atoms in total. The van der Waals surface area contributed by atoms with Crippen LogP contribution in [0.15, 0.2) is 60.8 Å². The van der Waals surface area contributed by atoms with Crippen LogP contribution in [0.5, 0.6) is 5.88 Å². The molecular formula is C33H38N4O3. The molecule has 208 valence electrons. The minimum Gasteiger partial charge on any atom is -0.481 e. The lowest BCUT2D eigenvalue weighted by molar-refractivity contribution is -0.149. The largest absolute Gasteiger partial charge is 0.481 e. The molecule has 1 aromatic carbocycles. The molecule has 4 aliphatic rings. The maximum absolute atomic E-state index is 13.5. The maximum Gasteiger partial charge on any atom is 0.228 e. The SMILES string of the molecule is COc1cccc(-c2ccc3c(c2)[C@@]24CCN(C(=O)Cc5ccccn5)CC[C@@]2(O)[C@@H](C3)N(CC2CC2)CC4)n1. The lowest BCUT2D eigenvalue weighted by Crippen LogP contribution is -2.71. The van der Waals surface area contributed by atoms with E-state index in [9.17, 15) is 9.90 Å². The molecule has 3 atom stereocenters. The molecule has 2 saturated heterocycles. The molecule has 1 N–H and O–H groups in total. The van der Waals surface area contributed by atoms with Crippen LogP contribution >= 0.6 is 0 Å². The second-order valence-electron chi connectivity index (χ2n) is 12.2. The first kappa shape index (κ1) is 25.7. The highest BCUT2D eigenvalue weighted by molar-refractivity contribution is 5.78. The molecule has 1 amide bonds. The Labute approximate surface area is 236 Å². The average Bonchev–Trinajstić information content (AvgIpc) is 3.81. The number of hydrogen-bond acceptors (Lipinski definition) is 6. The molecule has 2 aliphatic heterocycles. The van der Waals surface area contributed by atoms with Crippen molar-refractivity contribution in [2.75, 3.05) is 33.3 Å². The number of nitrogens with zero attached hydrogens (tertiary/aromatic N) is 4. The van der Waals surface area contributed by atoms with Crippen LogP contribution in [0, 0.1) is 5.92 Å². The topological polar surface area (TPSA) is 78.8 Å². The Morgan fingerprint density at radius 1 is 1.05 bits per heavy atom. The number of carbonyl (C=O) groups excluding carboxylic acids is 1. The highest BCUT2D eigenvalue weighted by Gasteiger charge is 2.63. The maximum atomic E-state index is 13.5. The molecular weight excluding hydrogens is 500 g/mol. The molecule has 2 aliphatic carbocycles. The van der Waals surface area contributed by atoms with Gasteiger partial charge in [0.15, 0.2) is 0 Å². The van der Waals surface area contributed by atoms with Gasteiger partial charge in [0.1, 0.15) is 0 Å². The number of methoxy groups -OCH3 is 1. The Morgan fingerprint density at radius 3 is 2.70 bits per heavy atom. The van der Waals surface area contributed by atoms with E-state index in [1.807, 2.05) is 41.3 Å². The number of benzene rings is 1. The van der Waals surface area contributed by atoms with Gasteiger partial charge in [-0.25, -0.2) is 4.98 Å². The highest BCUT2D eigenvalue weighted by atomic mass is 16.5. The second kappa shape index (κ2) is 9.96. The zero-order valence-corrected chi connectivity index (χ0v) is 23.3. The van der Waals surface area contributed by atoms with E-state index in [0.29, 0.717) is 31.8 Å². The molecule has 2 aromatic heterocycles. The summed E-state index contributed by atoms with van der Waals surface area (Å²) in [6.07, 6.45) is 7.73. The zero-order valence-electron chi connectivity index (χ0n) is 23.3. The van der Waals surface area contributed by atoms with Crippen LogP contribution in [0.3, 0.4) is 0 Å². The third-order valence-electron chi connectivity index (χ3n) is 10.1. The molecule has 40 heavy (non-hydrogen) atoms. The summed E-state index contributed by atoms with van der Waals surface area (Å²) in [7, 11) is 1.64. The molecule has 2 bridgehead atoms. The molecule has 4 heterocycles. The Bertz CT molecular complexity index is 1410. The zero-order chi connectivity index (χ0) is 27.3. The Hall–Kier alpha value is -3.29. The summed E-state index contributed by atoms with van der Waals surface area (Å²) >= 11 is 0. The van der Waals surface area contributed by atoms with Gasteiger partial charge in [-0.1, -0.05) is 24.3 Å². The average molecular weight is 539 g/mol. The van der Waals surface area contributed by atoms with Gasteiger partial charge >= 0.3 is 0 Å². The van der Waals surface area contributed by atoms with E-state index >= 15 is 0 Å². The van der Waals surface area contributed by atoms with Crippen LogP contribution < -0.4 is 4.74 Å². The van der Waals surface area contributed by atoms with E-state index in [2.05, 4.69) is 28.1 Å². The summed E-state index contributed by atoms with van der Waals surface area (Å²) in [6, 6.07) is 18.3. The van der Waals surface area contributed by atoms with Crippen LogP contribution in [0.1, 0.15) is 48.9 Å². The lowest BCUT2D eigenvalue weighted by Gasteiger charge is -2.61. The summed E-state index contributed by atoms with van der Waals surface area (Å²) < 4.78 is 5.40. The van der Waals surface area contributed by atoms with Gasteiger partial charge in [-0.15, -0.1) is 0 Å². The Kier molecular flexibility index (Phi) is 6.39. The predicted molar refractivity (Wildman–Crippen MR) is 153 cm³/mol. The van der Waals surface area contributed by atoms with Crippen molar-refractivity contribution in [1.29, 1.82) is 0 Å². The Balaban J connectivity index is 1.26. The van der Waals surface area contributed by atoms with E-state index in [1.54, 1.807) is 13.3 Å². The fourth-order valence-corrected chi connectivity index (χ4v) is 7.74. The second-order valence-corrected chi connectivity index (χ2v) is 12.2. The molecule has 3 fully saturated rings. The quantitative estimate of drug-likeness (QED) is 0.511. The number of carbonyl (C=O) groups is 1. The number of amides is 1. The Morgan fingerprint density at radius 2 is 1.90 bits per heavy atom. The van der Waals surface area contributed by atoms with E-state index in [-0.39, 0.29) is 11.9 Å². The fourth-order valence-electron chi connectivity index (χ4n) is 7.74. The molecule has 0 unspecified atom stereocenters. The number of rotatable bonds is 6. The summed E-state index contributed by atoms with van der Waals surface area (Å²) in [5.41, 5.74) is 3.99. The molecule has 7 rings (SSSR count). The summed E-state index contributed by atoms with van der Waals surface area (Å²) in [5, 5.41) is 12.9. The molecule has 0 radical (unpaired) electrons. The van der Waals surface area contributed by atoms with Crippen LogP contribution in [0.2, 0.25) is 0 Å². The van der Waals surface area contributed by atoms with Crippen molar-refractivity contribution >= 4 is 5.91 Å². The van der Waals surface area contributed by atoms with Gasteiger partial charge in [-0.3, -0.25) is 14.7 Å². The van der Waals surface area contributed by atoms with Gasteiger partial charge in [0.2, 0.25) is 11.8 Å². The van der Waals surface area contributed by atoms with Gasteiger partial charge in [0, 0.05) is 54.6 Å². The first-order chi connectivity index (χ1) is 19.5. The summed E-state index contributed by atoms with van der Waals surface area (Å²) in [5.74, 6) is 1.45. The van der Waals surface area contributed by atoms with Crippen molar-refractivity contribution in [3.8, 4) is 17.1 Å².